The molecular formula is C13H22ClNO. The largest absolute Gasteiger partial charge is 0.508 e. The van der Waals surface area contributed by atoms with Gasteiger partial charge in [0.15, 0.2) is 0 Å². The third-order valence-electron chi connectivity index (χ3n) is 2.84. The van der Waals surface area contributed by atoms with Crippen molar-refractivity contribution in [2.24, 2.45) is 5.73 Å². The number of hydrogen-bond acceptors (Lipinski definition) is 2. The minimum atomic E-state index is 0. The highest BCUT2D eigenvalue weighted by atomic mass is 35.5. The summed E-state index contributed by atoms with van der Waals surface area (Å²) in [5, 5.41) is 9.78. The third-order valence-corrected chi connectivity index (χ3v) is 2.84. The molecule has 0 aliphatic carbocycles. The SMILES string of the molecule is Cc1cc(O)c(CN)c(C)c1C(C)(C)C.Cl. The van der Waals surface area contributed by atoms with Crippen molar-refractivity contribution in [1.29, 1.82) is 0 Å². The molecule has 1 aromatic carbocycles. The Labute approximate surface area is 104 Å². The number of phenols is 1. The Bertz CT molecular complexity index is 380. The lowest BCUT2D eigenvalue weighted by Crippen LogP contribution is -2.17. The van der Waals surface area contributed by atoms with Gasteiger partial charge in [0.25, 0.3) is 0 Å². The van der Waals surface area contributed by atoms with E-state index in [1.54, 1.807) is 0 Å². The zero-order valence-corrected chi connectivity index (χ0v) is 11.5. The van der Waals surface area contributed by atoms with Crippen LogP contribution in [-0.4, -0.2) is 5.11 Å². The zero-order valence-electron chi connectivity index (χ0n) is 10.7. The van der Waals surface area contributed by atoms with Crippen LogP contribution < -0.4 is 5.73 Å². The first-order chi connectivity index (χ1) is 6.79. The molecule has 0 fully saturated rings. The van der Waals surface area contributed by atoms with Gasteiger partial charge >= 0.3 is 0 Å². The van der Waals surface area contributed by atoms with E-state index in [2.05, 4.69) is 20.8 Å². The summed E-state index contributed by atoms with van der Waals surface area (Å²) >= 11 is 0. The van der Waals surface area contributed by atoms with E-state index in [0.717, 1.165) is 16.7 Å². The summed E-state index contributed by atoms with van der Waals surface area (Å²) in [5.41, 5.74) is 10.2. The fraction of sp³-hybridized carbons (Fsp3) is 0.538. The van der Waals surface area contributed by atoms with E-state index in [-0.39, 0.29) is 17.8 Å². The molecule has 0 saturated heterocycles. The number of benzene rings is 1. The molecule has 0 atom stereocenters. The Hall–Kier alpha value is -0.730. The van der Waals surface area contributed by atoms with Gasteiger partial charge < -0.3 is 10.8 Å². The number of aryl methyl sites for hydroxylation is 1. The van der Waals surface area contributed by atoms with E-state index in [1.165, 1.54) is 5.56 Å². The molecule has 0 unspecified atom stereocenters. The van der Waals surface area contributed by atoms with Gasteiger partial charge in [-0.2, -0.15) is 0 Å². The van der Waals surface area contributed by atoms with Gasteiger partial charge in [-0.15, -0.1) is 12.4 Å². The van der Waals surface area contributed by atoms with Crippen molar-refractivity contribution < 1.29 is 5.11 Å². The van der Waals surface area contributed by atoms with E-state index in [0.29, 0.717) is 12.3 Å². The Balaban J connectivity index is 0.00000225. The fourth-order valence-electron chi connectivity index (χ4n) is 2.41. The van der Waals surface area contributed by atoms with E-state index >= 15 is 0 Å². The van der Waals surface area contributed by atoms with Crippen LogP contribution in [-0.2, 0) is 12.0 Å². The first-order valence-corrected chi connectivity index (χ1v) is 5.31. The minimum Gasteiger partial charge on any atom is -0.508 e. The van der Waals surface area contributed by atoms with E-state index in [9.17, 15) is 5.11 Å². The highest BCUT2D eigenvalue weighted by molar-refractivity contribution is 5.85. The summed E-state index contributed by atoms with van der Waals surface area (Å²) in [7, 11) is 0. The van der Waals surface area contributed by atoms with Crippen molar-refractivity contribution in [3.63, 3.8) is 0 Å². The second kappa shape index (κ2) is 5.07. The van der Waals surface area contributed by atoms with Gasteiger partial charge in [0.1, 0.15) is 5.75 Å². The van der Waals surface area contributed by atoms with Crippen LogP contribution in [0.15, 0.2) is 6.07 Å². The lowest BCUT2D eigenvalue weighted by molar-refractivity contribution is 0.465. The summed E-state index contributed by atoms with van der Waals surface area (Å²) in [6, 6.07) is 1.82. The Morgan fingerprint density at radius 1 is 1.25 bits per heavy atom. The second-order valence-corrected chi connectivity index (χ2v) is 5.15. The molecule has 0 aliphatic rings. The molecule has 16 heavy (non-hydrogen) atoms. The summed E-state index contributed by atoms with van der Waals surface area (Å²) in [6.45, 7) is 11.0. The standard InChI is InChI=1S/C13H21NO.ClH/c1-8-6-11(15)10(7-14)9(2)12(8)13(3,4)5;/h6,15H,7,14H2,1-5H3;1H. The zero-order chi connectivity index (χ0) is 11.8. The molecule has 0 bridgehead atoms. The van der Waals surface area contributed by atoms with Crippen LogP contribution in [0.5, 0.6) is 5.75 Å². The van der Waals surface area contributed by atoms with Gasteiger partial charge in [-0.1, -0.05) is 20.8 Å². The average Bonchev–Trinajstić information content (AvgIpc) is 2.00. The van der Waals surface area contributed by atoms with Crippen molar-refractivity contribution in [3.8, 4) is 5.75 Å². The quantitative estimate of drug-likeness (QED) is 0.796. The molecule has 3 heteroatoms. The monoisotopic (exact) mass is 243 g/mol. The van der Waals surface area contributed by atoms with Crippen molar-refractivity contribution in [2.45, 2.75) is 46.6 Å². The number of halogens is 1. The Morgan fingerprint density at radius 2 is 1.75 bits per heavy atom. The van der Waals surface area contributed by atoms with Crippen LogP contribution in [0, 0.1) is 13.8 Å². The average molecular weight is 244 g/mol. The van der Waals surface area contributed by atoms with E-state index < -0.39 is 0 Å². The van der Waals surface area contributed by atoms with Crippen LogP contribution in [0.3, 0.4) is 0 Å². The second-order valence-electron chi connectivity index (χ2n) is 5.15. The van der Waals surface area contributed by atoms with E-state index in [4.69, 9.17) is 5.73 Å². The highest BCUT2D eigenvalue weighted by Gasteiger charge is 2.21. The summed E-state index contributed by atoms with van der Waals surface area (Å²) in [5.74, 6) is 0.320. The van der Waals surface area contributed by atoms with Crippen molar-refractivity contribution in [3.05, 3.63) is 28.3 Å². The molecule has 0 aromatic heterocycles. The van der Waals surface area contributed by atoms with Crippen LogP contribution in [0.1, 0.15) is 43.0 Å². The van der Waals surface area contributed by atoms with Crippen LogP contribution in [0.2, 0.25) is 0 Å². The molecular weight excluding hydrogens is 222 g/mol. The molecule has 0 spiro atoms. The molecule has 0 heterocycles. The summed E-state index contributed by atoms with van der Waals surface area (Å²) in [4.78, 5) is 0. The maximum absolute atomic E-state index is 9.78. The lowest BCUT2D eigenvalue weighted by atomic mass is 9.79. The molecule has 0 saturated carbocycles. The van der Waals surface area contributed by atoms with Crippen LogP contribution in [0.25, 0.3) is 0 Å². The smallest absolute Gasteiger partial charge is 0.120 e. The number of rotatable bonds is 1. The Kier molecular flexibility index (Phi) is 4.84. The first kappa shape index (κ1) is 15.3. The maximum Gasteiger partial charge on any atom is 0.120 e. The topological polar surface area (TPSA) is 46.2 Å². The third kappa shape index (κ3) is 2.69. The normalized spacial score (nSPS) is 11.1. The highest BCUT2D eigenvalue weighted by Crippen LogP contribution is 2.34. The summed E-state index contributed by atoms with van der Waals surface area (Å²) < 4.78 is 0. The molecule has 2 nitrogen and oxygen atoms in total. The van der Waals surface area contributed by atoms with Gasteiger partial charge in [-0.3, -0.25) is 0 Å². The molecule has 0 aliphatic heterocycles. The molecule has 3 N–H and O–H groups in total. The van der Waals surface area contributed by atoms with Crippen molar-refractivity contribution >= 4 is 12.4 Å². The maximum atomic E-state index is 9.78. The van der Waals surface area contributed by atoms with Crippen molar-refractivity contribution in [2.75, 3.05) is 0 Å². The van der Waals surface area contributed by atoms with Gasteiger partial charge in [-0.05, 0) is 42.0 Å². The van der Waals surface area contributed by atoms with Crippen molar-refractivity contribution in [1.82, 2.24) is 0 Å². The van der Waals surface area contributed by atoms with Gasteiger partial charge in [0.05, 0.1) is 0 Å². The molecule has 1 aromatic rings. The lowest BCUT2D eigenvalue weighted by Gasteiger charge is -2.26. The van der Waals surface area contributed by atoms with E-state index in [1.807, 2.05) is 19.9 Å². The predicted octanol–water partition coefficient (Wildman–Crippen LogP) is 3.19. The van der Waals surface area contributed by atoms with Gasteiger partial charge in [0, 0.05) is 12.1 Å². The molecule has 1 rings (SSSR count). The van der Waals surface area contributed by atoms with Gasteiger partial charge in [-0.25, -0.2) is 0 Å². The summed E-state index contributed by atoms with van der Waals surface area (Å²) in [6.07, 6.45) is 0. The first-order valence-electron chi connectivity index (χ1n) is 5.31. The Morgan fingerprint density at radius 3 is 2.12 bits per heavy atom. The molecule has 0 radical (unpaired) electrons. The van der Waals surface area contributed by atoms with Crippen LogP contribution >= 0.6 is 12.4 Å². The van der Waals surface area contributed by atoms with Gasteiger partial charge in [0.2, 0.25) is 0 Å². The number of hydrogen-bond donors (Lipinski definition) is 2. The minimum absolute atomic E-state index is 0. The van der Waals surface area contributed by atoms with Crippen LogP contribution in [0.4, 0.5) is 0 Å². The number of aromatic hydroxyl groups is 1. The number of nitrogens with two attached hydrogens (primary N) is 1. The molecule has 0 amide bonds. The predicted molar refractivity (Wildman–Crippen MR) is 71.4 cm³/mol. The fourth-order valence-corrected chi connectivity index (χ4v) is 2.41. The number of phenolic OH excluding ortho intramolecular Hbond substituents is 1. The molecule has 92 valence electrons.